The van der Waals surface area contributed by atoms with Gasteiger partial charge in [-0.25, -0.2) is 0 Å². The zero-order valence-electron chi connectivity index (χ0n) is 13.6. The van der Waals surface area contributed by atoms with Crippen molar-refractivity contribution in [2.45, 2.75) is 39.4 Å². The molecule has 0 spiro atoms. The molecule has 0 saturated carbocycles. The van der Waals surface area contributed by atoms with Crippen LogP contribution in [0, 0.1) is 18.3 Å². The van der Waals surface area contributed by atoms with Gasteiger partial charge in [-0.3, -0.25) is 4.90 Å². The first-order valence-corrected chi connectivity index (χ1v) is 7.97. The molecule has 1 nitrogen and oxygen atoms in total. The maximum absolute atomic E-state index is 5.84. The van der Waals surface area contributed by atoms with Gasteiger partial charge in [-0.05, 0) is 23.5 Å². The Kier molecular flexibility index (Phi) is 6.25. The predicted molar refractivity (Wildman–Crippen MR) is 94.2 cm³/mol. The van der Waals surface area contributed by atoms with Crippen LogP contribution in [-0.4, -0.2) is 10.9 Å². The summed E-state index contributed by atoms with van der Waals surface area (Å²) < 4.78 is 0. The third-order valence-corrected chi connectivity index (χ3v) is 3.78. The highest BCUT2D eigenvalue weighted by Gasteiger charge is 2.18. The van der Waals surface area contributed by atoms with Crippen molar-refractivity contribution < 1.29 is 0 Å². The average Bonchev–Trinajstić information content (AvgIpc) is 2.54. The third-order valence-electron chi connectivity index (χ3n) is 3.78. The molecule has 0 aromatic heterocycles. The summed E-state index contributed by atoms with van der Waals surface area (Å²) in [5, 5.41) is 0. The van der Waals surface area contributed by atoms with Crippen molar-refractivity contribution in [3.05, 3.63) is 71.8 Å². The molecule has 2 rings (SSSR count). The maximum Gasteiger partial charge on any atom is 0.0720 e. The smallest absolute Gasteiger partial charge is 0.0720 e. The monoisotopic (exact) mass is 291 g/mol. The number of benzene rings is 2. The Bertz CT molecular complexity index is 539. The van der Waals surface area contributed by atoms with Crippen molar-refractivity contribution in [3.63, 3.8) is 0 Å². The maximum atomic E-state index is 5.84. The van der Waals surface area contributed by atoms with Gasteiger partial charge in [-0.15, -0.1) is 6.42 Å². The van der Waals surface area contributed by atoms with Crippen molar-refractivity contribution in [2.24, 2.45) is 5.92 Å². The van der Waals surface area contributed by atoms with Crippen molar-refractivity contribution in [2.75, 3.05) is 0 Å². The molecular formula is C21H25N. The lowest BCUT2D eigenvalue weighted by atomic mass is 10.0. The average molecular weight is 291 g/mol. The minimum absolute atomic E-state index is 0.167. The molecule has 0 radical (unpaired) electrons. The highest BCUT2D eigenvalue weighted by Crippen LogP contribution is 2.18. The second-order valence-corrected chi connectivity index (χ2v) is 6.19. The van der Waals surface area contributed by atoms with Crippen LogP contribution in [0.25, 0.3) is 0 Å². The zero-order chi connectivity index (χ0) is 15.8. The van der Waals surface area contributed by atoms with Gasteiger partial charge < -0.3 is 0 Å². The molecule has 1 unspecified atom stereocenters. The van der Waals surface area contributed by atoms with E-state index in [9.17, 15) is 0 Å². The van der Waals surface area contributed by atoms with Crippen LogP contribution in [0.15, 0.2) is 60.7 Å². The van der Waals surface area contributed by atoms with Gasteiger partial charge in [0.1, 0.15) is 0 Å². The molecule has 114 valence electrons. The van der Waals surface area contributed by atoms with Crippen molar-refractivity contribution in [1.29, 1.82) is 0 Å². The van der Waals surface area contributed by atoms with Crippen LogP contribution in [0.4, 0.5) is 0 Å². The van der Waals surface area contributed by atoms with Gasteiger partial charge in [0, 0.05) is 13.1 Å². The third kappa shape index (κ3) is 5.06. The Hall–Kier alpha value is -2.04. The highest BCUT2D eigenvalue weighted by atomic mass is 15.1. The molecule has 22 heavy (non-hydrogen) atoms. The van der Waals surface area contributed by atoms with Crippen LogP contribution in [0.2, 0.25) is 0 Å². The van der Waals surface area contributed by atoms with Crippen molar-refractivity contribution >= 4 is 0 Å². The van der Waals surface area contributed by atoms with Crippen LogP contribution in [0.5, 0.6) is 0 Å². The molecule has 1 heteroatoms. The Morgan fingerprint density at radius 2 is 1.32 bits per heavy atom. The van der Waals surface area contributed by atoms with Gasteiger partial charge in [0.15, 0.2) is 0 Å². The van der Waals surface area contributed by atoms with Crippen LogP contribution in [0.3, 0.4) is 0 Å². The van der Waals surface area contributed by atoms with Crippen LogP contribution in [0.1, 0.15) is 31.4 Å². The second kappa shape index (κ2) is 8.41. The van der Waals surface area contributed by atoms with Gasteiger partial charge in [0.25, 0.3) is 0 Å². The minimum atomic E-state index is 0.167. The molecule has 0 heterocycles. The fraction of sp³-hybridized carbons (Fsp3) is 0.333. The number of nitrogens with zero attached hydrogens (tertiary/aromatic N) is 1. The summed E-state index contributed by atoms with van der Waals surface area (Å²) in [6, 6.07) is 21.3. The Balaban J connectivity index is 2.17. The number of hydrogen-bond donors (Lipinski definition) is 0. The molecule has 0 fully saturated rings. The van der Waals surface area contributed by atoms with Crippen LogP contribution in [-0.2, 0) is 13.1 Å². The summed E-state index contributed by atoms with van der Waals surface area (Å²) >= 11 is 0. The summed E-state index contributed by atoms with van der Waals surface area (Å²) in [7, 11) is 0. The van der Waals surface area contributed by atoms with Crippen molar-refractivity contribution in [3.8, 4) is 12.3 Å². The van der Waals surface area contributed by atoms with E-state index < -0.39 is 0 Å². The molecular weight excluding hydrogens is 266 g/mol. The van der Waals surface area contributed by atoms with Gasteiger partial charge in [-0.1, -0.05) is 80.4 Å². The quantitative estimate of drug-likeness (QED) is 0.666. The molecule has 0 N–H and O–H groups in total. The van der Waals surface area contributed by atoms with E-state index in [1.807, 2.05) is 0 Å². The molecule has 2 aromatic carbocycles. The number of hydrogen-bond acceptors (Lipinski definition) is 1. The van der Waals surface area contributed by atoms with Crippen molar-refractivity contribution in [1.82, 2.24) is 4.90 Å². The topological polar surface area (TPSA) is 3.24 Å². The first-order valence-electron chi connectivity index (χ1n) is 7.97. The standard InChI is InChI=1S/C21H25N/c1-4-21(15-18(2)3)22(16-19-11-7-5-8-12-19)17-20-13-9-6-10-14-20/h1,5-14,18,21H,15-17H2,2-3H3. The van der Waals surface area contributed by atoms with E-state index in [4.69, 9.17) is 6.42 Å². The fourth-order valence-electron chi connectivity index (χ4n) is 2.68. The summed E-state index contributed by atoms with van der Waals surface area (Å²) in [6.45, 7) is 6.23. The molecule has 0 amide bonds. The lowest BCUT2D eigenvalue weighted by Crippen LogP contribution is -2.34. The van der Waals surface area contributed by atoms with E-state index in [2.05, 4.69) is 85.3 Å². The summed E-state index contributed by atoms with van der Waals surface area (Å²) in [4.78, 5) is 2.41. The van der Waals surface area contributed by atoms with Crippen LogP contribution >= 0.6 is 0 Å². The number of rotatable bonds is 7. The van der Waals surface area contributed by atoms with E-state index in [1.165, 1.54) is 11.1 Å². The molecule has 0 aliphatic carbocycles. The highest BCUT2D eigenvalue weighted by molar-refractivity contribution is 5.18. The van der Waals surface area contributed by atoms with E-state index in [0.717, 1.165) is 19.5 Å². The van der Waals surface area contributed by atoms with Gasteiger partial charge >= 0.3 is 0 Å². The molecule has 0 aliphatic rings. The lowest BCUT2D eigenvalue weighted by Gasteiger charge is -2.29. The van der Waals surface area contributed by atoms with E-state index in [-0.39, 0.29) is 6.04 Å². The van der Waals surface area contributed by atoms with Crippen LogP contribution < -0.4 is 0 Å². The van der Waals surface area contributed by atoms with E-state index in [0.29, 0.717) is 5.92 Å². The molecule has 1 atom stereocenters. The van der Waals surface area contributed by atoms with Gasteiger partial charge in [0.2, 0.25) is 0 Å². The lowest BCUT2D eigenvalue weighted by molar-refractivity contribution is 0.196. The van der Waals surface area contributed by atoms with E-state index in [1.54, 1.807) is 0 Å². The summed E-state index contributed by atoms with van der Waals surface area (Å²) in [5.41, 5.74) is 2.62. The molecule has 2 aromatic rings. The summed E-state index contributed by atoms with van der Waals surface area (Å²) in [5.74, 6) is 3.59. The van der Waals surface area contributed by atoms with Gasteiger partial charge in [0.05, 0.1) is 6.04 Å². The zero-order valence-corrected chi connectivity index (χ0v) is 13.6. The summed E-state index contributed by atoms with van der Waals surface area (Å²) in [6.07, 6.45) is 6.86. The first-order chi connectivity index (χ1) is 10.7. The predicted octanol–water partition coefficient (Wildman–Crippen LogP) is 4.74. The Morgan fingerprint density at radius 3 is 1.68 bits per heavy atom. The van der Waals surface area contributed by atoms with E-state index >= 15 is 0 Å². The number of terminal acetylenes is 1. The minimum Gasteiger partial charge on any atom is -0.281 e. The Labute approximate surface area is 135 Å². The van der Waals surface area contributed by atoms with Gasteiger partial charge in [-0.2, -0.15) is 0 Å². The SMILES string of the molecule is C#CC(CC(C)C)N(Cc1ccccc1)Cc1ccccc1. The normalized spacial score (nSPS) is 12.3. The second-order valence-electron chi connectivity index (χ2n) is 6.19. The first kappa shape index (κ1) is 16.3. The Morgan fingerprint density at radius 1 is 0.864 bits per heavy atom. The molecule has 0 bridgehead atoms. The largest absolute Gasteiger partial charge is 0.281 e. The molecule has 0 aliphatic heterocycles. The molecule has 0 saturated heterocycles. The fourth-order valence-corrected chi connectivity index (χ4v) is 2.68.